The molecule has 0 aliphatic carbocycles. The van der Waals surface area contributed by atoms with Gasteiger partial charge in [0.05, 0.1) is 16.9 Å². The van der Waals surface area contributed by atoms with Gasteiger partial charge in [-0.3, -0.25) is 14.5 Å². The van der Waals surface area contributed by atoms with E-state index in [4.69, 9.17) is 4.74 Å². The summed E-state index contributed by atoms with van der Waals surface area (Å²) in [7, 11) is 0. The molecular weight excluding hydrogens is 461 g/mol. The van der Waals surface area contributed by atoms with Crippen molar-refractivity contribution in [2.24, 2.45) is 0 Å². The van der Waals surface area contributed by atoms with Crippen LogP contribution in [-0.4, -0.2) is 33.2 Å². The number of carbonyl (C=O) groups excluding carboxylic acids is 2. The average molecular weight is 480 g/mol. The molecule has 3 aromatic rings. The Morgan fingerprint density at radius 1 is 1.24 bits per heavy atom. The number of ether oxygens (including phenoxy) is 1. The maximum atomic E-state index is 13.1. The van der Waals surface area contributed by atoms with E-state index in [0.29, 0.717) is 17.4 Å². The van der Waals surface area contributed by atoms with Crippen LogP contribution < -0.4 is 10.3 Å². The summed E-state index contributed by atoms with van der Waals surface area (Å²) in [5, 5.41) is 5.99. The number of nitrogens with zero attached hydrogens (tertiary/aromatic N) is 4. The molecule has 0 saturated carbocycles. The Labute approximate surface area is 190 Å². The molecule has 0 unspecified atom stereocenters. The maximum absolute atomic E-state index is 13.1. The molecule has 0 aliphatic heterocycles. The quantitative estimate of drug-likeness (QED) is 0.499. The Hall–Kier alpha value is -3.54. The third-order valence-corrected chi connectivity index (χ3v) is 5.45. The van der Waals surface area contributed by atoms with Crippen molar-refractivity contribution in [3.8, 4) is 5.69 Å². The third-order valence-electron chi connectivity index (χ3n) is 4.54. The van der Waals surface area contributed by atoms with Gasteiger partial charge >= 0.3 is 12.1 Å². The second-order valence-electron chi connectivity index (χ2n) is 6.92. The smallest absolute Gasteiger partial charge is 0.416 e. The molecule has 2 aromatic heterocycles. The number of anilines is 1. The predicted octanol–water partition coefficient (Wildman–Crippen LogP) is 3.75. The fraction of sp³-hybridized carbons (Fsp3) is 0.286. The Bertz CT molecular complexity index is 1250. The Kier molecular flexibility index (Phi) is 6.96. The Morgan fingerprint density at radius 2 is 1.97 bits per heavy atom. The molecule has 174 valence electrons. The van der Waals surface area contributed by atoms with Crippen LogP contribution in [0.4, 0.5) is 18.3 Å². The number of alkyl halides is 3. The van der Waals surface area contributed by atoms with Crippen LogP contribution in [0.15, 0.2) is 40.5 Å². The molecule has 0 aliphatic rings. The van der Waals surface area contributed by atoms with Crippen molar-refractivity contribution in [3.05, 3.63) is 68.6 Å². The number of benzene rings is 1. The second-order valence-corrected chi connectivity index (χ2v) is 7.76. The largest absolute Gasteiger partial charge is 0.454 e. The van der Waals surface area contributed by atoms with Crippen LogP contribution in [0.25, 0.3) is 5.69 Å². The molecule has 1 amide bonds. The van der Waals surface area contributed by atoms with E-state index in [-0.39, 0.29) is 23.9 Å². The zero-order valence-electron chi connectivity index (χ0n) is 17.8. The van der Waals surface area contributed by atoms with Gasteiger partial charge in [-0.1, -0.05) is 6.07 Å². The zero-order chi connectivity index (χ0) is 24.3. The lowest BCUT2D eigenvalue weighted by Gasteiger charge is -2.14. The van der Waals surface area contributed by atoms with Crippen LogP contribution in [0.5, 0.6) is 0 Å². The van der Waals surface area contributed by atoms with E-state index in [1.807, 2.05) is 0 Å². The molecule has 33 heavy (non-hydrogen) atoms. The van der Waals surface area contributed by atoms with Crippen LogP contribution in [0.2, 0.25) is 0 Å². The molecule has 1 aromatic carbocycles. The van der Waals surface area contributed by atoms with Gasteiger partial charge in [-0.2, -0.15) is 18.3 Å². The van der Waals surface area contributed by atoms with Crippen molar-refractivity contribution >= 4 is 28.3 Å². The second kappa shape index (κ2) is 9.53. The molecule has 0 bridgehead atoms. The standard InChI is InChI=1S/C21H19F3N4O4S/c1-4-27(13(3)29)20-25-15(11-33-20)10-32-19(31)18-17(30)8-12(2)28(26-18)16-7-5-6-14(9-16)21(22,23)24/h5-9,11H,4,10H2,1-3H3. The van der Waals surface area contributed by atoms with Crippen LogP contribution in [0, 0.1) is 6.92 Å². The molecule has 12 heteroatoms. The molecule has 2 heterocycles. The Morgan fingerprint density at radius 3 is 2.61 bits per heavy atom. The van der Waals surface area contributed by atoms with Crippen LogP contribution in [0.3, 0.4) is 0 Å². The average Bonchev–Trinajstić information content (AvgIpc) is 3.20. The monoisotopic (exact) mass is 480 g/mol. The summed E-state index contributed by atoms with van der Waals surface area (Å²) in [5.41, 5.74) is -1.56. The minimum Gasteiger partial charge on any atom is -0.454 e. The van der Waals surface area contributed by atoms with E-state index in [1.165, 1.54) is 42.2 Å². The first-order valence-electron chi connectivity index (χ1n) is 9.69. The highest BCUT2D eigenvalue weighted by molar-refractivity contribution is 7.14. The van der Waals surface area contributed by atoms with E-state index in [1.54, 1.807) is 12.3 Å². The normalized spacial score (nSPS) is 11.3. The molecule has 0 radical (unpaired) electrons. The lowest BCUT2D eigenvalue weighted by molar-refractivity contribution is -0.137. The number of hydrogen-bond acceptors (Lipinski definition) is 7. The fourth-order valence-electron chi connectivity index (χ4n) is 2.95. The van der Waals surface area contributed by atoms with E-state index >= 15 is 0 Å². The minimum absolute atomic E-state index is 0.0319. The number of thiazole rings is 1. The van der Waals surface area contributed by atoms with Crippen molar-refractivity contribution in [1.82, 2.24) is 14.8 Å². The fourth-order valence-corrected chi connectivity index (χ4v) is 3.87. The molecule has 0 saturated heterocycles. The van der Waals surface area contributed by atoms with Crippen LogP contribution >= 0.6 is 11.3 Å². The number of hydrogen-bond donors (Lipinski definition) is 0. The van der Waals surface area contributed by atoms with Gasteiger partial charge in [0.15, 0.2) is 5.13 Å². The summed E-state index contributed by atoms with van der Waals surface area (Å²) in [6.45, 7) is 4.83. The van der Waals surface area contributed by atoms with Crippen molar-refractivity contribution < 1.29 is 27.5 Å². The summed E-state index contributed by atoms with van der Waals surface area (Å²) in [5.74, 6) is -1.23. The highest BCUT2D eigenvalue weighted by Crippen LogP contribution is 2.30. The van der Waals surface area contributed by atoms with Gasteiger partial charge in [-0.05, 0) is 32.0 Å². The molecule has 0 atom stereocenters. The van der Waals surface area contributed by atoms with Gasteiger partial charge in [-0.25, -0.2) is 14.5 Å². The van der Waals surface area contributed by atoms with Gasteiger partial charge in [-0.15, -0.1) is 11.3 Å². The first kappa shape index (κ1) is 24.1. The summed E-state index contributed by atoms with van der Waals surface area (Å²) < 4.78 is 45.4. The van der Waals surface area contributed by atoms with E-state index in [2.05, 4.69) is 10.1 Å². The van der Waals surface area contributed by atoms with Crippen molar-refractivity contribution in [2.75, 3.05) is 11.4 Å². The molecule has 0 fully saturated rings. The first-order chi connectivity index (χ1) is 15.5. The maximum Gasteiger partial charge on any atom is 0.416 e. The topological polar surface area (TPSA) is 94.4 Å². The molecule has 3 rings (SSSR count). The van der Waals surface area contributed by atoms with Crippen molar-refractivity contribution in [1.29, 1.82) is 0 Å². The van der Waals surface area contributed by atoms with E-state index in [9.17, 15) is 27.6 Å². The highest BCUT2D eigenvalue weighted by atomic mass is 32.1. The van der Waals surface area contributed by atoms with Crippen molar-refractivity contribution in [2.45, 2.75) is 33.6 Å². The highest BCUT2D eigenvalue weighted by Gasteiger charge is 2.30. The van der Waals surface area contributed by atoms with Crippen LogP contribution in [-0.2, 0) is 22.3 Å². The summed E-state index contributed by atoms with van der Waals surface area (Å²) in [6.07, 6.45) is -4.56. The number of aryl methyl sites for hydroxylation is 1. The minimum atomic E-state index is -4.56. The van der Waals surface area contributed by atoms with Gasteiger partial charge < -0.3 is 4.74 Å². The number of esters is 1. The predicted molar refractivity (Wildman–Crippen MR) is 115 cm³/mol. The first-order valence-corrected chi connectivity index (χ1v) is 10.6. The van der Waals surface area contributed by atoms with Crippen LogP contribution in [0.1, 0.15) is 41.3 Å². The summed E-state index contributed by atoms with van der Waals surface area (Å²) in [4.78, 5) is 42.1. The van der Waals surface area contributed by atoms with Crippen molar-refractivity contribution in [3.63, 3.8) is 0 Å². The molecule has 8 nitrogen and oxygen atoms in total. The van der Waals surface area contributed by atoms with E-state index in [0.717, 1.165) is 22.9 Å². The van der Waals surface area contributed by atoms with Gasteiger partial charge in [0.1, 0.15) is 6.61 Å². The SMILES string of the molecule is CCN(C(C)=O)c1nc(COC(=O)c2nn(-c3cccc(C(F)(F)F)c3)c(C)cc2=O)cs1. The number of carbonyl (C=O) groups is 2. The summed E-state index contributed by atoms with van der Waals surface area (Å²) >= 11 is 1.20. The van der Waals surface area contributed by atoms with Gasteiger partial charge in [0.25, 0.3) is 0 Å². The Balaban J connectivity index is 1.83. The number of amides is 1. The van der Waals surface area contributed by atoms with Gasteiger partial charge in [0.2, 0.25) is 17.0 Å². The molecule has 0 spiro atoms. The zero-order valence-corrected chi connectivity index (χ0v) is 18.7. The van der Waals surface area contributed by atoms with E-state index < -0.39 is 28.8 Å². The number of aromatic nitrogens is 3. The lowest BCUT2D eigenvalue weighted by Crippen LogP contribution is -2.27. The summed E-state index contributed by atoms with van der Waals surface area (Å²) in [6, 6.07) is 5.45. The third kappa shape index (κ3) is 5.45. The molecular formula is C21H19F3N4O4S. The number of rotatable bonds is 6. The lowest BCUT2D eigenvalue weighted by atomic mass is 10.2. The number of halogens is 3. The van der Waals surface area contributed by atoms with Gasteiger partial charge in [0, 0.05) is 30.6 Å². The molecule has 0 N–H and O–H groups in total.